The highest BCUT2D eigenvalue weighted by Crippen LogP contribution is 2.13. The fourth-order valence-electron chi connectivity index (χ4n) is 1.65. The molecule has 0 aromatic heterocycles. The summed E-state index contributed by atoms with van der Waals surface area (Å²) in [4.78, 5) is 2.57. The van der Waals surface area contributed by atoms with E-state index in [0.29, 0.717) is 0 Å². The summed E-state index contributed by atoms with van der Waals surface area (Å²) in [5.74, 6) is 0.926. The Morgan fingerprint density at radius 3 is 2.55 bits per heavy atom. The van der Waals surface area contributed by atoms with Crippen molar-refractivity contribution >= 4 is 0 Å². The minimum atomic E-state index is 0.926. The van der Waals surface area contributed by atoms with E-state index in [9.17, 15) is 0 Å². The van der Waals surface area contributed by atoms with Gasteiger partial charge < -0.3 is 4.90 Å². The summed E-state index contributed by atoms with van der Waals surface area (Å²) in [5, 5.41) is 0. The molecule has 1 unspecified atom stereocenters. The maximum absolute atomic E-state index is 2.57. The maximum Gasteiger partial charge on any atom is 0.000704 e. The van der Waals surface area contributed by atoms with Gasteiger partial charge in [-0.1, -0.05) is 26.7 Å². The van der Waals surface area contributed by atoms with Gasteiger partial charge in [0.05, 0.1) is 0 Å². The van der Waals surface area contributed by atoms with E-state index in [-0.39, 0.29) is 0 Å². The molecule has 1 rings (SSSR count). The van der Waals surface area contributed by atoms with Crippen molar-refractivity contribution in [3.05, 3.63) is 0 Å². The average molecular weight is 155 g/mol. The number of likely N-dealkylation sites (tertiary alicyclic amines) is 1. The highest BCUT2D eigenvalue weighted by molar-refractivity contribution is 4.70. The Labute approximate surface area is 70.8 Å². The fourth-order valence-corrected chi connectivity index (χ4v) is 1.65. The molecule has 1 saturated heterocycles. The molecule has 0 spiro atoms. The van der Waals surface area contributed by atoms with Crippen LogP contribution >= 0.6 is 0 Å². The third-order valence-corrected chi connectivity index (χ3v) is 2.57. The zero-order valence-corrected chi connectivity index (χ0v) is 7.97. The number of hydrogen-bond donors (Lipinski definition) is 0. The van der Waals surface area contributed by atoms with E-state index in [1.165, 1.54) is 45.3 Å². The van der Waals surface area contributed by atoms with Crippen LogP contribution in [0.15, 0.2) is 0 Å². The van der Waals surface area contributed by atoms with Crippen LogP contribution in [0.25, 0.3) is 0 Å². The molecule has 0 aromatic carbocycles. The van der Waals surface area contributed by atoms with Crippen LogP contribution in [0.1, 0.15) is 39.5 Å². The van der Waals surface area contributed by atoms with Crippen LogP contribution in [0.3, 0.4) is 0 Å². The van der Waals surface area contributed by atoms with Gasteiger partial charge in [0.25, 0.3) is 0 Å². The summed E-state index contributed by atoms with van der Waals surface area (Å²) in [6.45, 7) is 8.72. The lowest BCUT2D eigenvalue weighted by atomic mass is 10.0. The zero-order chi connectivity index (χ0) is 8.10. The van der Waals surface area contributed by atoms with Crippen LogP contribution in [-0.2, 0) is 0 Å². The fraction of sp³-hybridized carbons (Fsp3) is 1.00. The Bertz CT molecular complexity index is 97.0. The molecule has 0 radical (unpaired) electrons. The van der Waals surface area contributed by atoms with Gasteiger partial charge in [-0.25, -0.2) is 0 Å². The predicted octanol–water partition coefficient (Wildman–Crippen LogP) is 2.52. The van der Waals surface area contributed by atoms with Gasteiger partial charge in [0.2, 0.25) is 0 Å². The lowest BCUT2D eigenvalue weighted by molar-refractivity contribution is 0.153. The van der Waals surface area contributed by atoms with Crippen LogP contribution < -0.4 is 0 Å². The summed E-state index contributed by atoms with van der Waals surface area (Å²) in [6.07, 6.45) is 5.62. The van der Waals surface area contributed by atoms with Crippen LogP contribution in [0.4, 0.5) is 0 Å². The SMILES string of the molecule is CCCCC(C)CN1CCC1. The second kappa shape index (κ2) is 4.76. The van der Waals surface area contributed by atoms with Crippen molar-refractivity contribution in [1.82, 2.24) is 4.90 Å². The van der Waals surface area contributed by atoms with E-state index in [0.717, 1.165) is 5.92 Å². The summed E-state index contributed by atoms with van der Waals surface area (Å²) in [7, 11) is 0. The smallest absolute Gasteiger partial charge is 0.000704 e. The quantitative estimate of drug-likeness (QED) is 0.589. The molecule has 1 heterocycles. The molecular weight excluding hydrogens is 134 g/mol. The first kappa shape index (κ1) is 9.05. The van der Waals surface area contributed by atoms with Gasteiger partial charge in [-0.3, -0.25) is 0 Å². The van der Waals surface area contributed by atoms with Gasteiger partial charge in [-0.2, -0.15) is 0 Å². The molecule has 1 atom stereocenters. The van der Waals surface area contributed by atoms with Crippen molar-refractivity contribution < 1.29 is 0 Å². The molecule has 1 aliphatic heterocycles. The zero-order valence-electron chi connectivity index (χ0n) is 7.97. The van der Waals surface area contributed by atoms with Gasteiger partial charge in [0.15, 0.2) is 0 Å². The van der Waals surface area contributed by atoms with E-state index < -0.39 is 0 Å². The Kier molecular flexibility index (Phi) is 3.92. The highest BCUT2D eigenvalue weighted by Gasteiger charge is 2.15. The summed E-state index contributed by atoms with van der Waals surface area (Å²) in [5.41, 5.74) is 0. The molecule has 0 N–H and O–H groups in total. The summed E-state index contributed by atoms with van der Waals surface area (Å²) < 4.78 is 0. The van der Waals surface area contributed by atoms with Crippen molar-refractivity contribution in [3.63, 3.8) is 0 Å². The largest absolute Gasteiger partial charge is 0.303 e. The first-order valence-corrected chi connectivity index (χ1v) is 5.05. The molecular formula is C10H21N. The standard InChI is InChI=1S/C10H21N/c1-3-4-6-10(2)9-11-7-5-8-11/h10H,3-9H2,1-2H3. The van der Waals surface area contributed by atoms with Crippen LogP contribution in [-0.4, -0.2) is 24.5 Å². The molecule has 0 amide bonds. The maximum atomic E-state index is 2.57. The lowest BCUT2D eigenvalue weighted by Gasteiger charge is -2.33. The molecule has 1 nitrogen and oxygen atoms in total. The average Bonchev–Trinajstić information content (AvgIpc) is 1.93. The van der Waals surface area contributed by atoms with E-state index in [4.69, 9.17) is 0 Å². The van der Waals surface area contributed by atoms with Crippen molar-refractivity contribution in [2.45, 2.75) is 39.5 Å². The summed E-state index contributed by atoms with van der Waals surface area (Å²) >= 11 is 0. The lowest BCUT2D eigenvalue weighted by Crippen LogP contribution is -2.39. The van der Waals surface area contributed by atoms with Gasteiger partial charge in [-0.05, 0) is 31.8 Å². The van der Waals surface area contributed by atoms with Gasteiger partial charge in [-0.15, -0.1) is 0 Å². The molecule has 1 aliphatic rings. The second-order valence-electron chi connectivity index (χ2n) is 3.90. The van der Waals surface area contributed by atoms with Crippen molar-refractivity contribution in [2.24, 2.45) is 5.92 Å². The molecule has 0 saturated carbocycles. The van der Waals surface area contributed by atoms with Crippen molar-refractivity contribution in [2.75, 3.05) is 19.6 Å². The highest BCUT2D eigenvalue weighted by atomic mass is 15.2. The topological polar surface area (TPSA) is 3.24 Å². The molecule has 66 valence electrons. The monoisotopic (exact) mass is 155 g/mol. The van der Waals surface area contributed by atoms with E-state index in [1.807, 2.05) is 0 Å². The third-order valence-electron chi connectivity index (χ3n) is 2.57. The van der Waals surface area contributed by atoms with Crippen LogP contribution in [0, 0.1) is 5.92 Å². The Morgan fingerprint density at radius 1 is 1.36 bits per heavy atom. The van der Waals surface area contributed by atoms with Crippen molar-refractivity contribution in [3.8, 4) is 0 Å². The predicted molar refractivity (Wildman–Crippen MR) is 49.7 cm³/mol. The normalized spacial score (nSPS) is 21.3. The number of unbranched alkanes of at least 4 members (excludes halogenated alkanes) is 1. The van der Waals surface area contributed by atoms with E-state index >= 15 is 0 Å². The van der Waals surface area contributed by atoms with Crippen LogP contribution in [0.5, 0.6) is 0 Å². The molecule has 11 heavy (non-hydrogen) atoms. The van der Waals surface area contributed by atoms with E-state index in [1.54, 1.807) is 0 Å². The summed E-state index contributed by atoms with van der Waals surface area (Å²) in [6, 6.07) is 0. The first-order valence-electron chi connectivity index (χ1n) is 5.05. The molecule has 0 aliphatic carbocycles. The molecule has 0 bridgehead atoms. The third kappa shape index (κ3) is 3.24. The second-order valence-corrected chi connectivity index (χ2v) is 3.90. The van der Waals surface area contributed by atoms with Gasteiger partial charge in [0, 0.05) is 6.54 Å². The minimum Gasteiger partial charge on any atom is -0.303 e. The molecule has 1 heteroatoms. The number of nitrogens with zero attached hydrogens (tertiary/aromatic N) is 1. The molecule has 0 aromatic rings. The minimum absolute atomic E-state index is 0.926. The molecule has 1 fully saturated rings. The number of rotatable bonds is 5. The van der Waals surface area contributed by atoms with Crippen molar-refractivity contribution in [1.29, 1.82) is 0 Å². The van der Waals surface area contributed by atoms with Gasteiger partial charge in [0.1, 0.15) is 0 Å². The van der Waals surface area contributed by atoms with E-state index in [2.05, 4.69) is 18.7 Å². The first-order chi connectivity index (χ1) is 5.33. The van der Waals surface area contributed by atoms with Gasteiger partial charge >= 0.3 is 0 Å². The Balaban J connectivity index is 1.95. The Hall–Kier alpha value is -0.0400. The van der Waals surface area contributed by atoms with Crippen LogP contribution in [0.2, 0.25) is 0 Å². The number of hydrogen-bond acceptors (Lipinski definition) is 1. The Morgan fingerprint density at radius 2 is 2.09 bits per heavy atom.